The third-order valence-electron chi connectivity index (χ3n) is 5.32. The van der Waals surface area contributed by atoms with Gasteiger partial charge in [-0.1, -0.05) is 58.9 Å². The molecule has 154 valence electrons. The number of carbonyl (C=O) groups excluding carboxylic acids is 1. The summed E-state index contributed by atoms with van der Waals surface area (Å²) in [5, 5.41) is 0.563. The highest BCUT2D eigenvalue weighted by molar-refractivity contribution is 7.19. The largest absolute Gasteiger partial charge is 0.368 e. The smallest absolute Gasteiger partial charge is 0.263 e. The number of nitrogens with zero attached hydrogens (tertiary/aromatic N) is 2. The predicted octanol–water partition coefficient (Wildman–Crippen LogP) is 4.90. The number of aryl methyl sites for hydroxylation is 1. The van der Waals surface area contributed by atoms with E-state index < -0.39 is 11.9 Å². The summed E-state index contributed by atoms with van der Waals surface area (Å²) in [6.07, 6.45) is 0. The van der Waals surface area contributed by atoms with Crippen molar-refractivity contribution in [3.8, 4) is 11.1 Å². The number of rotatable bonds is 4. The minimum atomic E-state index is -0.756. The third kappa shape index (κ3) is 3.73. The van der Waals surface area contributed by atoms with Gasteiger partial charge in [-0.2, -0.15) is 0 Å². The molecule has 5 nitrogen and oxygen atoms in total. The number of fused-ring (bicyclic) bond motifs is 1. The summed E-state index contributed by atoms with van der Waals surface area (Å²) >= 11 is 1.52. The molecule has 0 fully saturated rings. The van der Waals surface area contributed by atoms with Crippen LogP contribution in [0.15, 0.2) is 29.1 Å². The molecule has 2 aromatic heterocycles. The van der Waals surface area contributed by atoms with Crippen LogP contribution in [0.1, 0.15) is 69.8 Å². The standard InChI is InChI=1S/C23H29N3O2S/c1-12(2)20-25-21-18(22(28)26(20)13(3)19(24)27)17(14(4)29-21)15-8-10-16(11-9-15)23(5,6)7/h8-13H,1-7H3,(H2,24,27). The normalized spacial score (nSPS) is 13.2. The van der Waals surface area contributed by atoms with Gasteiger partial charge in [-0.15, -0.1) is 11.3 Å². The SMILES string of the molecule is Cc1sc2nc(C(C)C)n(C(C)C(N)=O)c(=O)c2c1-c1ccc(C(C)(C)C)cc1. The molecular weight excluding hydrogens is 382 g/mol. The lowest BCUT2D eigenvalue weighted by Crippen LogP contribution is -2.35. The molecule has 0 bridgehead atoms. The fourth-order valence-corrected chi connectivity index (χ4v) is 4.63. The van der Waals surface area contributed by atoms with E-state index >= 15 is 0 Å². The van der Waals surface area contributed by atoms with Crippen LogP contribution in [0, 0.1) is 6.92 Å². The number of carbonyl (C=O) groups is 1. The highest BCUT2D eigenvalue weighted by atomic mass is 32.1. The molecule has 0 aliphatic heterocycles. The van der Waals surface area contributed by atoms with Crippen molar-refractivity contribution in [2.45, 2.75) is 65.8 Å². The van der Waals surface area contributed by atoms with Gasteiger partial charge in [-0.3, -0.25) is 14.2 Å². The quantitative estimate of drug-likeness (QED) is 0.663. The Hall–Kier alpha value is -2.47. The lowest BCUT2D eigenvalue weighted by molar-refractivity contribution is -0.120. The molecule has 1 atom stereocenters. The van der Waals surface area contributed by atoms with Gasteiger partial charge in [0.15, 0.2) is 0 Å². The summed E-state index contributed by atoms with van der Waals surface area (Å²) < 4.78 is 1.47. The van der Waals surface area contributed by atoms with Crippen molar-refractivity contribution >= 4 is 27.5 Å². The molecule has 1 aromatic carbocycles. The van der Waals surface area contributed by atoms with Gasteiger partial charge in [0.05, 0.1) is 5.39 Å². The topological polar surface area (TPSA) is 78.0 Å². The van der Waals surface area contributed by atoms with Crippen molar-refractivity contribution in [1.29, 1.82) is 0 Å². The first-order valence-electron chi connectivity index (χ1n) is 9.89. The van der Waals surface area contributed by atoms with Crippen LogP contribution in [0.2, 0.25) is 0 Å². The fraction of sp³-hybridized carbons (Fsp3) is 0.435. The van der Waals surface area contributed by atoms with Crippen molar-refractivity contribution < 1.29 is 4.79 Å². The molecule has 1 unspecified atom stereocenters. The van der Waals surface area contributed by atoms with Crippen molar-refractivity contribution in [3.63, 3.8) is 0 Å². The summed E-state index contributed by atoms with van der Waals surface area (Å²) in [4.78, 5) is 32.0. The van der Waals surface area contributed by atoms with Crippen LogP contribution in [0.3, 0.4) is 0 Å². The van der Waals surface area contributed by atoms with Crippen molar-refractivity contribution in [3.05, 3.63) is 50.9 Å². The molecular formula is C23H29N3O2S. The summed E-state index contributed by atoms with van der Waals surface area (Å²) in [5.41, 5.74) is 8.50. The highest BCUT2D eigenvalue weighted by Gasteiger charge is 2.25. The van der Waals surface area contributed by atoms with E-state index in [0.29, 0.717) is 16.0 Å². The molecule has 0 radical (unpaired) electrons. The Kier molecular flexibility index (Phi) is 5.43. The molecule has 0 saturated heterocycles. The Morgan fingerprint density at radius 3 is 2.21 bits per heavy atom. The third-order valence-corrected chi connectivity index (χ3v) is 6.32. The number of hydrogen-bond acceptors (Lipinski definition) is 4. The minimum absolute atomic E-state index is 0.00850. The predicted molar refractivity (Wildman–Crippen MR) is 121 cm³/mol. The Morgan fingerprint density at radius 1 is 1.14 bits per heavy atom. The molecule has 2 N–H and O–H groups in total. The zero-order chi connectivity index (χ0) is 21.7. The molecule has 0 aliphatic rings. The maximum atomic E-state index is 13.6. The van der Waals surface area contributed by atoms with E-state index in [4.69, 9.17) is 10.7 Å². The van der Waals surface area contributed by atoms with Crippen LogP contribution < -0.4 is 11.3 Å². The molecule has 1 amide bonds. The number of aromatic nitrogens is 2. The summed E-state index contributed by atoms with van der Waals surface area (Å²) in [5.74, 6) is 0.0358. The maximum Gasteiger partial charge on any atom is 0.263 e. The Labute approximate surface area is 175 Å². The molecule has 2 heterocycles. The molecule has 3 aromatic rings. The van der Waals surface area contributed by atoms with E-state index in [0.717, 1.165) is 16.0 Å². The van der Waals surface area contributed by atoms with E-state index in [2.05, 4.69) is 45.0 Å². The van der Waals surface area contributed by atoms with E-state index in [-0.39, 0.29) is 16.9 Å². The number of hydrogen-bond donors (Lipinski definition) is 1. The maximum absolute atomic E-state index is 13.6. The van der Waals surface area contributed by atoms with Crippen LogP contribution in [-0.4, -0.2) is 15.5 Å². The van der Waals surface area contributed by atoms with E-state index in [1.54, 1.807) is 6.92 Å². The van der Waals surface area contributed by atoms with Gasteiger partial charge in [0, 0.05) is 16.4 Å². The Bertz CT molecular complexity index is 1130. The second-order valence-corrected chi connectivity index (χ2v) is 10.1. The average molecular weight is 412 g/mol. The van der Waals surface area contributed by atoms with Crippen LogP contribution in [0.5, 0.6) is 0 Å². The zero-order valence-electron chi connectivity index (χ0n) is 18.2. The van der Waals surface area contributed by atoms with Crippen molar-refractivity contribution in [2.24, 2.45) is 5.73 Å². The van der Waals surface area contributed by atoms with Crippen molar-refractivity contribution in [1.82, 2.24) is 9.55 Å². The first-order chi connectivity index (χ1) is 13.4. The lowest BCUT2D eigenvalue weighted by Gasteiger charge is -2.20. The molecule has 0 spiro atoms. The number of amides is 1. The van der Waals surface area contributed by atoms with Crippen LogP contribution in [0.25, 0.3) is 21.3 Å². The van der Waals surface area contributed by atoms with Gasteiger partial charge < -0.3 is 5.73 Å². The van der Waals surface area contributed by atoms with Crippen molar-refractivity contribution in [2.75, 3.05) is 0 Å². The van der Waals surface area contributed by atoms with Gasteiger partial charge >= 0.3 is 0 Å². The summed E-state index contributed by atoms with van der Waals surface area (Å²) in [6.45, 7) is 14.1. The molecule has 29 heavy (non-hydrogen) atoms. The molecule has 0 aliphatic carbocycles. The molecule has 0 saturated carbocycles. The average Bonchev–Trinajstić information content (AvgIpc) is 2.96. The number of thiophene rings is 1. The van der Waals surface area contributed by atoms with Gasteiger partial charge in [0.2, 0.25) is 5.91 Å². The number of primary amides is 1. The van der Waals surface area contributed by atoms with Gasteiger partial charge in [-0.05, 0) is 30.4 Å². The monoisotopic (exact) mass is 411 g/mol. The highest BCUT2D eigenvalue weighted by Crippen LogP contribution is 2.37. The van der Waals surface area contributed by atoms with E-state index in [1.165, 1.54) is 21.5 Å². The summed E-state index contributed by atoms with van der Waals surface area (Å²) in [7, 11) is 0. The van der Waals surface area contributed by atoms with Gasteiger partial charge in [-0.25, -0.2) is 4.98 Å². The number of nitrogens with two attached hydrogens (primary N) is 1. The van der Waals surface area contributed by atoms with Crippen LogP contribution in [-0.2, 0) is 10.2 Å². The van der Waals surface area contributed by atoms with E-state index in [1.807, 2.05) is 20.8 Å². The van der Waals surface area contributed by atoms with Gasteiger partial charge in [0.1, 0.15) is 16.7 Å². The van der Waals surface area contributed by atoms with E-state index in [9.17, 15) is 9.59 Å². The van der Waals surface area contributed by atoms with Gasteiger partial charge in [0.25, 0.3) is 5.56 Å². The molecule has 3 rings (SSSR count). The fourth-order valence-electron chi connectivity index (χ4n) is 3.58. The lowest BCUT2D eigenvalue weighted by atomic mass is 9.86. The summed E-state index contributed by atoms with van der Waals surface area (Å²) in [6, 6.07) is 7.59. The minimum Gasteiger partial charge on any atom is -0.368 e. The first kappa shape index (κ1) is 21.2. The Morgan fingerprint density at radius 2 is 1.72 bits per heavy atom. The zero-order valence-corrected chi connectivity index (χ0v) is 19.0. The molecule has 6 heteroatoms. The Balaban J connectivity index is 2.33. The second kappa shape index (κ2) is 7.41. The first-order valence-corrected chi connectivity index (χ1v) is 10.7. The van der Waals surface area contributed by atoms with Crippen LogP contribution >= 0.6 is 11.3 Å². The number of benzene rings is 1. The van der Waals surface area contributed by atoms with Crippen LogP contribution in [0.4, 0.5) is 0 Å². The second-order valence-electron chi connectivity index (χ2n) is 8.92.